The van der Waals surface area contributed by atoms with Gasteiger partial charge in [-0.25, -0.2) is 9.97 Å². The van der Waals surface area contributed by atoms with Gasteiger partial charge in [-0.2, -0.15) is 0 Å². The van der Waals surface area contributed by atoms with E-state index < -0.39 is 0 Å². The number of hydrogen-bond donors (Lipinski definition) is 0. The Bertz CT molecular complexity index is 973. The second-order valence-corrected chi connectivity index (χ2v) is 6.67. The number of aromatic nitrogens is 2. The van der Waals surface area contributed by atoms with Crippen LogP contribution in [0.4, 0.5) is 11.4 Å². The highest BCUT2D eigenvalue weighted by Crippen LogP contribution is 2.12. The van der Waals surface area contributed by atoms with E-state index in [1.54, 1.807) is 0 Å². The van der Waals surface area contributed by atoms with Crippen LogP contribution in [0.3, 0.4) is 0 Å². The van der Waals surface area contributed by atoms with E-state index in [0.717, 1.165) is 22.5 Å². The van der Waals surface area contributed by atoms with Gasteiger partial charge in [-0.1, -0.05) is 11.8 Å². The van der Waals surface area contributed by atoms with Crippen LogP contribution in [0.2, 0.25) is 0 Å². The van der Waals surface area contributed by atoms with Crippen LogP contribution in [-0.4, -0.2) is 38.2 Å². The Hall–Kier alpha value is -3.76. The molecule has 0 saturated heterocycles. The van der Waals surface area contributed by atoms with Crippen LogP contribution in [0.15, 0.2) is 60.9 Å². The van der Waals surface area contributed by atoms with E-state index in [4.69, 9.17) is 0 Å². The van der Waals surface area contributed by atoms with E-state index >= 15 is 0 Å². The van der Waals surface area contributed by atoms with Crippen molar-refractivity contribution in [2.75, 3.05) is 38.0 Å². The summed E-state index contributed by atoms with van der Waals surface area (Å²) >= 11 is 0. The van der Waals surface area contributed by atoms with Crippen molar-refractivity contribution in [1.29, 1.82) is 0 Å². The second kappa shape index (κ2) is 8.75. The first-order valence-corrected chi connectivity index (χ1v) is 8.92. The minimum Gasteiger partial charge on any atom is -0.378 e. The molecule has 4 heteroatoms. The lowest BCUT2D eigenvalue weighted by atomic mass is 10.2. The third kappa shape index (κ3) is 5.13. The van der Waals surface area contributed by atoms with Gasteiger partial charge in [-0.05, 0) is 60.4 Å². The quantitative estimate of drug-likeness (QED) is 0.651. The van der Waals surface area contributed by atoms with Crippen molar-refractivity contribution in [3.05, 3.63) is 83.4 Å². The summed E-state index contributed by atoms with van der Waals surface area (Å²) in [5.41, 5.74) is 5.47. The summed E-state index contributed by atoms with van der Waals surface area (Å²) in [6.07, 6.45) is 1.50. The fourth-order valence-electron chi connectivity index (χ4n) is 2.45. The van der Waals surface area contributed by atoms with Crippen molar-refractivity contribution in [1.82, 2.24) is 9.97 Å². The van der Waals surface area contributed by atoms with Gasteiger partial charge in [0, 0.05) is 56.8 Å². The van der Waals surface area contributed by atoms with Crippen LogP contribution >= 0.6 is 0 Å². The molecule has 0 saturated carbocycles. The molecule has 0 bridgehead atoms. The average molecular weight is 366 g/mol. The topological polar surface area (TPSA) is 32.3 Å². The molecule has 0 unspecified atom stereocenters. The van der Waals surface area contributed by atoms with Crippen molar-refractivity contribution in [3.8, 4) is 23.7 Å². The highest BCUT2D eigenvalue weighted by Gasteiger charge is 1.96. The summed E-state index contributed by atoms with van der Waals surface area (Å²) < 4.78 is 0. The lowest BCUT2D eigenvalue weighted by Crippen LogP contribution is -2.07. The summed E-state index contributed by atoms with van der Waals surface area (Å²) in [4.78, 5) is 12.6. The van der Waals surface area contributed by atoms with Crippen molar-refractivity contribution < 1.29 is 0 Å². The Morgan fingerprint density at radius 2 is 0.964 bits per heavy atom. The molecule has 28 heavy (non-hydrogen) atoms. The first-order valence-electron chi connectivity index (χ1n) is 8.92. The predicted molar refractivity (Wildman–Crippen MR) is 116 cm³/mol. The van der Waals surface area contributed by atoms with Gasteiger partial charge in [0.2, 0.25) is 0 Å². The number of nitrogens with zero attached hydrogens (tertiary/aromatic N) is 4. The molecule has 4 nitrogen and oxygen atoms in total. The van der Waals surface area contributed by atoms with Crippen molar-refractivity contribution in [2.45, 2.75) is 0 Å². The lowest BCUT2D eigenvalue weighted by Gasteiger charge is -2.11. The van der Waals surface area contributed by atoms with Crippen LogP contribution in [0.5, 0.6) is 0 Å². The molecule has 0 fully saturated rings. The molecule has 0 radical (unpaired) electrons. The second-order valence-electron chi connectivity index (χ2n) is 6.67. The van der Waals surface area contributed by atoms with Gasteiger partial charge in [-0.15, -0.1) is 0 Å². The summed E-state index contributed by atoms with van der Waals surface area (Å²) in [5.74, 6) is 12.4. The third-order valence-electron chi connectivity index (χ3n) is 4.10. The minimum absolute atomic E-state index is 0.652. The molecule has 0 amide bonds. The standard InChI is InChI=1S/C24H22N4/c1-27(2)23-13-7-19(8-14-23)5-11-21-17-22(26-18-25-21)12-6-20-9-15-24(16-10-20)28(3)4/h7-10,13-18H,1-4H3. The van der Waals surface area contributed by atoms with E-state index in [0.29, 0.717) is 11.4 Å². The van der Waals surface area contributed by atoms with Gasteiger partial charge in [0.05, 0.1) is 0 Å². The highest BCUT2D eigenvalue weighted by atomic mass is 15.1. The maximum atomic E-state index is 4.22. The van der Waals surface area contributed by atoms with Crippen molar-refractivity contribution in [2.24, 2.45) is 0 Å². The van der Waals surface area contributed by atoms with Crippen LogP contribution in [0.1, 0.15) is 22.5 Å². The maximum absolute atomic E-state index is 4.22. The van der Waals surface area contributed by atoms with Gasteiger partial charge in [0.15, 0.2) is 0 Å². The molecule has 2 aromatic carbocycles. The number of anilines is 2. The molecule has 0 spiro atoms. The maximum Gasteiger partial charge on any atom is 0.118 e. The highest BCUT2D eigenvalue weighted by molar-refractivity contribution is 5.52. The molecular weight excluding hydrogens is 344 g/mol. The molecule has 1 heterocycles. The molecule has 3 aromatic rings. The largest absolute Gasteiger partial charge is 0.378 e. The van der Waals surface area contributed by atoms with Crippen LogP contribution in [0, 0.1) is 23.7 Å². The zero-order valence-corrected chi connectivity index (χ0v) is 16.6. The van der Waals surface area contributed by atoms with E-state index in [9.17, 15) is 0 Å². The number of benzene rings is 2. The third-order valence-corrected chi connectivity index (χ3v) is 4.10. The summed E-state index contributed by atoms with van der Waals surface area (Å²) in [6, 6.07) is 18.0. The first kappa shape index (κ1) is 19.0. The molecule has 138 valence electrons. The van der Waals surface area contributed by atoms with Crippen LogP contribution in [0.25, 0.3) is 0 Å². The number of hydrogen-bond acceptors (Lipinski definition) is 4. The van der Waals surface area contributed by atoms with Gasteiger partial charge < -0.3 is 9.80 Å². The van der Waals surface area contributed by atoms with Crippen molar-refractivity contribution in [3.63, 3.8) is 0 Å². The van der Waals surface area contributed by atoms with Gasteiger partial charge >= 0.3 is 0 Å². The smallest absolute Gasteiger partial charge is 0.118 e. The predicted octanol–water partition coefficient (Wildman–Crippen LogP) is 3.41. The Morgan fingerprint density at radius 3 is 1.32 bits per heavy atom. The molecule has 0 aliphatic carbocycles. The summed E-state index contributed by atoms with van der Waals surface area (Å²) in [7, 11) is 8.06. The van der Waals surface area contributed by atoms with Crippen LogP contribution < -0.4 is 9.80 Å². The zero-order valence-electron chi connectivity index (χ0n) is 16.6. The fraction of sp³-hybridized carbons (Fsp3) is 0.167. The Labute approximate surface area is 166 Å². The summed E-state index contributed by atoms with van der Waals surface area (Å²) in [6.45, 7) is 0. The molecule has 0 aliphatic heterocycles. The average Bonchev–Trinajstić information content (AvgIpc) is 2.71. The Kier molecular flexibility index (Phi) is 5.94. The van der Waals surface area contributed by atoms with Gasteiger partial charge in [0.1, 0.15) is 17.7 Å². The minimum atomic E-state index is 0.652. The Morgan fingerprint density at radius 1 is 0.571 bits per heavy atom. The fourth-order valence-corrected chi connectivity index (χ4v) is 2.45. The molecule has 3 rings (SSSR count). The molecule has 0 aliphatic rings. The Balaban J connectivity index is 1.75. The SMILES string of the molecule is CN(C)c1ccc(C#Cc2cc(C#Cc3ccc(N(C)C)cc3)ncn2)cc1. The summed E-state index contributed by atoms with van der Waals surface area (Å²) in [5, 5.41) is 0. The van der Waals surface area contributed by atoms with Gasteiger partial charge in [0.25, 0.3) is 0 Å². The van der Waals surface area contributed by atoms with E-state index in [1.165, 1.54) is 6.33 Å². The molecular formula is C24H22N4. The normalized spacial score (nSPS) is 9.57. The first-order chi connectivity index (χ1) is 13.5. The number of rotatable bonds is 2. The molecule has 0 N–H and O–H groups in total. The van der Waals surface area contributed by atoms with Crippen LogP contribution in [-0.2, 0) is 0 Å². The van der Waals surface area contributed by atoms with Crippen molar-refractivity contribution >= 4 is 11.4 Å². The monoisotopic (exact) mass is 366 g/mol. The van der Waals surface area contributed by atoms with Gasteiger partial charge in [-0.3, -0.25) is 0 Å². The molecule has 1 aromatic heterocycles. The lowest BCUT2D eigenvalue weighted by molar-refractivity contribution is 1.13. The van der Waals surface area contributed by atoms with E-state index in [1.807, 2.05) is 82.8 Å². The zero-order chi connectivity index (χ0) is 19.9. The van der Waals surface area contributed by atoms with E-state index in [-0.39, 0.29) is 0 Å². The molecule has 0 atom stereocenters. The van der Waals surface area contributed by atoms with E-state index in [2.05, 4.69) is 43.4 Å².